The second kappa shape index (κ2) is 10.9. The highest BCUT2D eigenvalue weighted by molar-refractivity contribution is 5.67. The number of nitrogen functional groups attached to an aromatic ring is 6. The maximum Gasteiger partial charge on any atom is 0.0334 e. The Morgan fingerprint density at radius 2 is 0.567 bits per heavy atom. The first-order chi connectivity index (χ1) is 14.3. The Hall–Kier alpha value is -4.32. The zero-order valence-electron chi connectivity index (χ0n) is 16.7. The molecule has 0 spiro atoms. The lowest BCUT2D eigenvalue weighted by Crippen LogP contribution is -1.87. The van der Waals surface area contributed by atoms with Gasteiger partial charge in [-0.05, 0) is 77.9 Å². The predicted molar refractivity (Wildman–Crippen MR) is 131 cm³/mol. The van der Waals surface area contributed by atoms with Crippen molar-refractivity contribution in [3.63, 3.8) is 0 Å². The van der Waals surface area contributed by atoms with Gasteiger partial charge in [0.25, 0.3) is 0 Å². The third-order valence-corrected chi connectivity index (χ3v) is 4.00. The van der Waals surface area contributed by atoms with Crippen molar-refractivity contribution in [3.05, 3.63) is 97.1 Å². The molecule has 30 heavy (non-hydrogen) atoms. The molecule has 4 rings (SSSR count). The van der Waals surface area contributed by atoms with Crippen LogP contribution in [0.15, 0.2) is 97.1 Å². The Bertz CT molecular complexity index is 945. The van der Waals surface area contributed by atoms with Crippen LogP contribution in [0.2, 0.25) is 0 Å². The van der Waals surface area contributed by atoms with Crippen LogP contribution in [0.5, 0.6) is 0 Å². The van der Waals surface area contributed by atoms with Crippen LogP contribution in [0.25, 0.3) is 11.1 Å². The Morgan fingerprint density at radius 1 is 0.300 bits per heavy atom. The van der Waals surface area contributed by atoms with E-state index in [1.165, 1.54) is 0 Å². The van der Waals surface area contributed by atoms with Crippen molar-refractivity contribution in [2.24, 2.45) is 0 Å². The van der Waals surface area contributed by atoms with Gasteiger partial charge in [0.15, 0.2) is 0 Å². The number of hydrogen-bond donors (Lipinski definition) is 6. The molecule has 154 valence electrons. The van der Waals surface area contributed by atoms with Gasteiger partial charge < -0.3 is 34.4 Å². The molecule has 0 saturated heterocycles. The summed E-state index contributed by atoms with van der Waals surface area (Å²) in [6.07, 6.45) is 0. The summed E-state index contributed by atoms with van der Waals surface area (Å²) in [5.41, 5.74) is 39.5. The summed E-state index contributed by atoms with van der Waals surface area (Å²) in [6.45, 7) is 0. The fourth-order valence-corrected chi connectivity index (χ4v) is 2.41. The van der Waals surface area contributed by atoms with Gasteiger partial charge >= 0.3 is 0 Å². The van der Waals surface area contributed by atoms with Crippen molar-refractivity contribution < 1.29 is 0 Å². The van der Waals surface area contributed by atoms with E-state index in [1.54, 1.807) is 42.5 Å². The van der Waals surface area contributed by atoms with E-state index in [0.717, 1.165) is 33.9 Å². The summed E-state index contributed by atoms with van der Waals surface area (Å²) in [6, 6.07) is 29.8. The van der Waals surface area contributed by atoms with E-state index in [-0.39, 0.29) is 0 Å². The van der Waals surface area contributed by atoms with Crippen LogP contribution in [0.3, 0.4) is 0 Å². The van der Waals surface area contributed by atoms with E-state index >= 15 is 0 Å². The van der Waals surface area contributed by atoms with Crippen molar-refractivity contribution in [2.75, 3.05) is 34.4 Å². The number of hydrogen-bond acceptors (Lipinski definition) is 6. The lowest BCUT2D eigenvalue weighted by atomic mass is 10.1. The largest absolute Gasteiger partial charge is 0.399 e. The molecular formula is C24H28N6. The van der Waals surface area contributed by atoms with Gasteiger partial charge in [-0.15, -0.1) is 0 Å². The minimum absolute atomic E-state index is 0.713. The zero-order valence-corrected chi connectivity index (χ0v) is 16.7. The van der Waals surface area contributed by atoms with E-state index < -0.39 is 0 Å². The van der Waals surface area contributed by atoms with E-state index in [0.29, 0.717) is 11.4 Å². The maximum absolute atomic E-state index is 5.61. The molecule has 0 aromatic heterocycles. The quantitative estimate of drug-likeness (QED) is 0.263. The number of benzene rings is 4. The standard InChI is InChI=1S/C12H12N2.2C6H8N2/c13-11-5-1-9(2-6-11)10-3-7-12(14)8-4-10;7-5-1-2-6(8)4-3-5;7-5-2-1-3-6(8)4-5/h1-8H,13-14H2;2*1-4H,7-8H2. The molecule has 4 aromatic carbocycles. The first kappa shape index (κ1) is 22.0. The van der Waals surface area contributed by atoms with Crippen molar-refractivity contribution in [1.29, 1.82) is 0 Å². The molecule has 0 unspecified atom stereocenters. The van der Waals surface area contributed by atoms with E-state index in [2.05, 4.69) is 0 Å². The van der Waals surface area contributed by atoms with Crippen LogP contribution in [0, 0.1) is 0 Å². The third kappa shape index (κ3) is 7.74. The molecule has 12 N–H and O–H groups in total. The topological polar surface area (TPSA) is 156 Å². The average molecular weight is 401 g/mol. The van der Waals surface area contributed by atoms with Crippen LogP contribution in [-0.2, 0) is 0 Å². The van der Waals surface area contributed by atoms with Gasteiger partial charge in [0.2, 0.25) is 0 Å². The van der Waals surface area contributed by atoms with Crippen LogP contribution < -0.4 is 34.4 Å². The summed E-state index contributed by atoms with van der Waals surface area (Å²) in [5, 5.41) is 0. The second-order valence-corrected chi connectivity index (χ2v) is 6.58. The molecule has 6 nitrogen and oxygen atoms in total. The molecule has 0 radical (unpaired) electrons. The van der Waals surface area contributed by atoms with Crippen molar-refractivity contribution in [2.45, 2.75) is 0 Å². The Balaban J connectivity index is 0.000000172. The van der Waals surface area contributed by atoms with Gasteiger partial charge in [-0.25, -0.2) is 0 Å². The molecule has 4 aromatic rings. The molecule has 0 bridgehead atoms. The summed E-state index contributed by atoms with van der Waals surface area (Å²) < 4.78 is 0. The highest BCUT2D eigenvalue weighted by Gasteiger charge is 1.96. The van der Waals surface area contributed by atoms with Gasteiger partial charge in [0, 0.05) is 34.1 Å². The normalized spacial score (nSPS) is 9.47. The zero-order chi connectivity index (χ0) is 21.9. The summed E-state index contributed by atoms with van der Waals surface area (Å²) >= 11 is 0. The maximum atomic E-state index is 5.61. The summed E-state index contributed by atoms with van der Waals surface area (Å²) in [7, 11) is 0. The van der Waals surface area contributed by atoms with Gasteiger partial charge in [-0.3, -0.25) is 0 Å². The fourth-order valence-electron chi connectivity index (χ4n) is 2.41. The van der Waals surface area contributed by atoms with Crippen LogP contribution >= 0.6 is 0 Å². The Kier molecular flexibility index (Phi) is 7.96. The lowest BCUT2D eigenvalue weighted by molar-refractivity contribution is 1.61. The number of rotatable bonds is 1. The molecule has 0 atom stereocenters. The molecule has 0 amide bonds. The summed E-state index contributed by atoms with van der Waals surface area (Å²) in [4.78, 5) is 0. The first-order valence-corrected chi connectivity index (χ1v) is 9.27. The van der Waals surface area contributed by atoms with Gasteiger partial charge in [-0.1, -0.05) is 30.3 Å². The van der Waals surface area contributed by atoms with Gasteiger partial charge in [0.1, 0.15) is 0 Å². The van der Waals surface area contributed by atoms with E-state index in [1.807, 2.05) is 54.6 Å². The molecule has 0 aliphatic rings. The average Bonchev–Trinajstić information content (AvgIpc) is 2.72. The van der Waals surface area contributed by atoms with Crippen LogP contribution in [0.1, 0.15) is 0 Å². The third-order valence-electron chi connectivity index (χ3n) is 4.00. The molecular weight excluding hydrogens is 372 g/mol. The summed E-state index contributed by atoms with van der Waals surface area (Å²) in [5.74, 6) is 0. The molecule has 0 saturated carbocycles. The highest BCUT2D eigenvalue weighted by Crippen LogP contribution is 2.21. The minimum atomic E-state index is 0.713. The number of anilines is 6. The van der Waals surface area contributed by atoms with Crippen molar-refractivity contribution in [1.82, 2.24) is 0 Å². The van der Waals surface area contributed by atoms with Gasteiger partial charge in [-0.2, -0.15) is 0 Å². The van der Waals surface area contributed by atoms with Crippen LogP contribution in [0.4, 0.5) is 34.1 Å². The van der Waals surface area contributed by atoms with Crippen LogP contribution in [-0.4, -0.2) is 0 Å². The van der Waals surface area contributed by atoms with Gasteiger partial charge in [0.05, 0.1) is 0 Å². The fraction of sp³-hybridized carbons (Fsp3) is 0. The highest BCUT2D eigenvalue weighted by atomic mass is 14.6. The molecule has 6 heteroatoms. The minimum Gasteiger partial charge on any atom is -0.399 e. The van der Waals surface area contributed by atoms with E-state index in [4.69, 9.17) is 34.4 Å². The Morgan fingerprint density at radius 3 is 0.800 bits per heavy atom. The number of nitrogens with two attached hydrogens (primary N) is 6. The molecule has 0 aliphatic carbocycles. The van der Waals surface area contributed by atoms with E-state index in [9.17, 15) is 0 Å². The van der Waals surface area contributed by atoms with Crippen molar-refractivity contribution in [3.8, 4) is 11.1 Å². The second-order valence-electron chi connectivity index (χ2n) is 6.58. The SMILES string of the molecule is Nc1ccc(-c2ccc(N)cc2)cc1.Nc1ccc(N)cc1.Nc1cccc(N)c1. The predicted octanol–water partition coefficient (Wildman–Crippen LogP) is 4.22. The first-order valence-electron chi connectivity index (χ1n) is 9.27. The lowest BCUT2D eigenvalue weighted by Gasteiger charge is -2.02. The smallest absolute Gasteiger partial charge is 0.0334 e. The molecule has 0 aliphatic heterocycles. The van der Waals surface area contributed by atoms with Crippen molar-refractivity contribution >= 4 is 34.1 Å². The molecule has 0 fully saturated rings. The Labute approximate surface area is 177 Å². The molecule has 0 heterocycles. The monoisotopic (exact) mass is 400 g/mol.